The molecule has 1 amide bonds. The van der Waals surface area contributed by atoms with Gasteiger partial charge < -0.3 is 19.8 Å². The number of ether oxygens (including phenoxy) is 2. The summed E-state index contributed by atoms with van der Waals surface area (Å²) < 4.78 is 36.4. The SMILES string of the molecule is CC(F)(F)Oc1cccc(C(=O)Nc2cccc(Oc3ccnc4[nH]c(=O)[nH]c34)c2)c1. The van der Waals surface area contributed by atoms with Gasteiger partial charge >= 0.3 is 11.8 Å². The number of hydrogen-bond donors (Lipinski definition) is 3. The first-order valence-corrected chi connectivity index (χ1v) is 9.10. The average Bonchev–Trinajstić information content (AvgIpc) is 3.08. The Labute approximate surface area is 173 Å². The van der Waals surface area contributed by atoms with E-state index in [1.807, 2.05) is 0 Å². The topological polar surface area (TPSA) is 109 Å². The quantitative estimate of drug-likeness (QED) is 0.426. The Hall–Kier alpha value is -4.21. The Morgan fingerprint density at radius 1 is 1.06 bits per heavy atom. The summed E-state index contributed by atoms with van der Waals surface area (Å²) >= 11 is 0. The van der Waals surface area contributed by atoms with Crippen molar-refractivity contribution in [3.63, 3.8) is 0 Å². The van der Waals surface area contributed by atoms with Crippen LogP contribution in [-0.4, -0.2) is 27.0 Å². The number of hydrogen-bond acceptors (Lipinski definition) is 5. The molecule has 0 spiro atoms. The van der Waals surface area contributed by atoms with Crippen molar-refractivity contribution in [2.24, 2.45) is 0 Å². The molecule has 3 N–H and O–H groups in total. The van der Waals surface area contributed by atoms with E-state index in [-0.39, 0.29) is 11.3 Å². The summed E-state index contributed by atoms with van der Waals surface area (Å²) in [4.78, 5) is 33.2. The number of pyridine rings is 1. The predicted octanol–water partition coefficient (Wildman–Crippen LogP) is 4.29. The molecule has 158 valence electrons. The third-order valence-corrected chi connectivity index (χ3v) is 4.10. The molecule has 0 aliphatic rings. The highest BCUT2D eigenvalue weighted by molar-refractivity contribution is 6.04. The van der Waals surface area contributed by atoms with Crippen molar-refractivity contribution in [1.29, 1.82) is 0 Å². The van der Waals surface area contributed by atoms with E-state index in [4.69, 9.17) is 4.74 Å². The van der Waals surface area contributed by atoms with Gasteiger partial charge in [0.25, 0.3) is 5.91 Å². The number of amides is 1. The lowest BCUT2D eigenvalue weighted by molar-refractivity contribution is -0.158. The van der Waals surface area contributed by atoms with Gasteiger partial charge in [0.15, 0.2) is 11.4 Å². The fourth-order valence-electron chi connectivity index (χ4n) is 2.87. The van der Waals surface area contributed by atoms with Crippen LogP contribution in [0.4, 0.5) is 14.5 Å². The lowest BCUT2D eigenvalue weighted by atomic mass is 10.2. The van der Waals surface area contributed by atoms with E-state index in [1.165, 1.54) is 30.5 Å². The van der Waals surface area contributed by atoms with E-state index in [9.17, 15) is 18.4 Å². The highest BCUT2D eigenvalue weighted by atomic mass is 19.3. The minimum absolute atomic E-state index is 0.126. The van der Waals surface area contributed by atoms with Crippen LogP contribution in [0.5, 0.6) is 17.2 Å². The molecule has 0 bridgehead atoms. The zero-order valence-corrected chi connectivity index (χ0v) is 16.1. The van der Waals surface area contributed by atoms with Gasteiger partial charge in [-0.1, -0.05) is 12.1 Å². The minimum atomic E-state index is -3.36. The number of anilines is 1. The number of imidazole rings is 1. The van der Waals surface area contributed by atoms with Gasteiger partial charge in [0, 0.05) is 36.5 Å². The Morgan fingerprint density at radius 3 is 2.65 bits per heavy atom. The predicted molar refractivity (Wildman–Crippen MR) is 109 cm³/mol. The smallest absolute Gasteiger partial charge is 0.394 e. The maximum atomic E-state index is 13.0. The van der Waals surface area contributed by atoms with E-state index in [0.717, 1.165) is 0 Å². The van der Waals surface area contributed by atoms with E-state index < -0.39 is 17.7 Å². The van der Waals surface area contributed by atoms with Gasteiger partial charge in [-0.25, -0.2) is 9.78 Å². The zero-order chi connectivity index (χ0) is 22.0. The molecule has 0 saturated carbocycles. The summed E-state index contributed by atoms with van der Waals surface area (Å²) in [6.45, 7) is 0.616. The molecule has 0 aliphatic carbocycles. The van der Waals surface area contributed by atoms with E-state index in [1.54, 1.807) is 30.3 Å². The van der Waals surface area contributed by atoms with Crippen molar-refractivity contribution in [1.82, 2.24) is 15.0 Å². The highest BCUT2D eigenvalue weighted by Gasteiger charge is 2.23. The highest BCUT2D eigenvalue weighted by Crippen LogP contribution is 2.28. The first-order valence-electron chi connectivity index (χ1n) is 9.10. The largest absolute Gasteiger partial charge is 0.455 e. The number of fused-ring (bicyclic) bond motifs is 1. The Morgan fingerprint density at radius 2 is 1.84 bits per heavy atom. The molecular formula is C21H16F2N4O4. The Bertz CT molecular complexity index is 1310. The van der Waals surface area contributed by atoms with E-state index in [0.29, 0.717) is 35.3 Å². The number of H-pyrrole nitrogens is 2. The molecule has 0 fully saturated rings. The average molecular weight is 426 g/mol. The lowest BCUT2D eigenvalue weighted by Gasteiger charge is -2.14. The van der Waals surface area contributed by atoms with Gasteiger partial charge in [-0.2, -0.15) is 8.78 Å². The van der Waals surface area contributed by atoms with Crippen molar-refractivity contribution in [3.05, 3.63) is 76.8 Å². The fraction of sp³-hybridized carbons (Fsp3) is 0.0952. The van der Waals surface area contributed by atoms with Crippen molar-refractivity contribution in [2.75, 3.05) is 5.32 Å². The summed E-state index contributed by atoms with van der Waals surface area (Å²) in [5, 5.41) is 2.68. The summed E-state index contributed by atoms with van der Waals surface area (Å²) in [6.07, 6.45) is -1.87. The summed E-state index contributed by atoms with van der Waals surface area (Å²) in [7, 11) is 0. The van der Waals surface area contributed by atoms with Crippen LogP contribution < -0.4 is 20.5 Å². The van der Waals surface area contributed by atoms with E-state index in [2.05, 4.69) is 25.0 Å². The summed E-state index contributed by atoms with van der Waals surface area (Å²) in [6, 6.07) is 13.6. The van der Waals surface area contributed by atoms with Gasteiger partial charge in [0.2, 0.25) is 0 Å². The van der Waals surface area contributed by atoms with Gasteiger partial charge in [0.05, 0.1) is 0 Å². The monoisotopic (exact) mass is 426 g/mol. The molecule has 4 rings (SSSR count). The maximum Gasteiger partial charge on any atom is 0.394 e. The molecule has 4 aromatic rings. The second-order valence-electron chi connectivity index (χ2n) is 6.63. The maximum absolute atomic E-state index is 13.0. The molecule has 2 heterocycles. The number of rotatable bonds is 6. The van der Waals surface area contributed by atoms with Crippen LogP contribution in [0.2, 0.25) is 0 Å². The molecule has 10 heteroatoms. The molecule has 0 saturated heterocycles. The Kier molecular flexibility index (Phi) is 5.12. The third-order valence-electron chi connectivity index (χ3n) is 4.10. The third kappa shape index (κ3) is 4.86. The van der Waals surface area contributed by atoms with Crippen molar-refractivity contribution in [3.8, 4) is 17.2 Å². The van der Waals surface area contributed by atoms with Crippen LogP contribution in [0.3, 0.4) is 0 Å². The number of carbonyl (C=O) groups excluding carboxylic acids is 1. The molecule has 0 radical (unpaired) electrons. The minimum Gasteiger partial charge on any atom is -0.455 e. The number of nitrogens with one attached hydrogen (secondary N) is 3. The standard InChI is InChI=1S/C21H16F2N4O4/c1-21(22,23)31-15-7-2-4-12(10-15)19(28)25-13-5-3-6-14(11-13)30-16-8-9-24-18-17(16)26-20(29)27-18/h2-11H,1H3,(H,25,28)(H2,24,26,27,29). The van der Waals surface area contributed by atoms with Crippen LogP contribution in [-0.2, 0) is 0 Å². The van der Waals surface area contributed by atoms with Crippen LogP contribution in [0.15, 0.2) is 65.6 Å². The van der Waals surface area contributed by atoms with E-state index >= 15 is 0 Å². The number of aromatic nitrogens is 3. The van der Waals surface area contributed by atoms with Crippen molar-refractivity contribution in [2.45, 2.75) is 13.0 Å². The van der Waals surface area contributed by atoms with Crippen LogP contribution in [0, 0.1) is 0 Å². The molecular weight excluding hydrogens is 410 g/mol. The molecule has 8 nitrogen and oxygen atoms in total. The summed E-state index contributed by atoms with van der Waals surface area (Å²) in [5.41, 5.74) is 0.918. The number of alkyl halides is 2. The second kappa shape index (κ2) is 7.90. The molecule has 0 atom stereocenters. The number of aromatic amines is 2. The number of benzene rings is 2. The van der Waals surface area contributed by atoms with Crippen molar-refractivity contribution < 1.29 is 23.0 Å². The summed E-state index contributed by atoms with van der Waals surface area (Å²) in [5.74, 6) is 0.134. The molecule has 0 unspecified atom stereocenters. The Balaban J connectivity index is 1.52. The molecule has 2 aromatic heterocycles. The van der Waals surface area contributed by atoms with Crippen LogP contribution >= 0.6 is 0 Å². The van der Waals surface area contributed by atoms with Crippen molar-refractivity contribution >= 4 is 22.8 Å². The number of nitrogens with zero attached hydrogens (tertiary/aromatic N) is 1. The molecule has 2 aromatic carbocycles. The van der Waals surface area contributed by atoms with Gasteiger partial charge in [-0.15, -0.1) is 0 Å². The second-order valence-corrected chi connectivity index (χ2v) is 6.63. The van der Waals surface area contributed by atoms with Gasteiger partial charge in [0.1, 0.15) is 17.0 Å². The first kappa shape index (κ1) is 20.1. The molecule has 31 heavy (non-hydrogen) atoms. The molecule has 0 aliphatic heterocycles. The normalized spacial score (nSPS) is 11.3. The lowest BCUT2D eigenvalue weighted by Crippen LogP contribution is -2.19. The van der Waals surface area contributed by atoms with Crippen LogP contribution in [0.25, 0.3) is 11.2 Å². The number of halogens is 2. The van der Waals surface area contributed by atoms with Crippen LogP contribution in [0.1, 0.15) is 17.3 Å². The fourth-order valence-corrected chi connectivity index (χ4v) is 2.87. The van der Waals surface area contributed by atoms with Gasteiger partial charge in [-0.3, -0.25) is 9.78 Å². The number of carbonyl (C=O) groups is 1. The van der Waals surface area contributed by atoms with Gasteiger partial charge in [-0.05, 0) is 30.3 Å². The zero-order valence-electron chi connectivity index (χ0n) is 16.1. The first-order chi connectivity index (χ1) is 14.8.